The summed E-state index contributed by atoms with van der Waals surface area (Å²) in [6.45, 7) is 3.67. The number of rotatable bonds is 3. The minimum atomic E-state index is 0.543. The molecule has 1 aromatic carbocycles. The van der Waals surface area contributed by atoms with Crippen molar-refractivity contribution in [1.82, 2.24) is 5.48 Å². The zero-order valence-corrected chi connectivity index (χ0v) is 10.1. The van der Waals surface area contributed by atoms with E-state index in [1.54, 1.807) is 7.11 Å². The first-order valence-corrected chi connectivity index (χ1v) is 5.45. The van der Waals surface area contributed by atoms with Gasteiger partial charge >= 0.3 is 0 Å². The van der Waals surface area contributed by atoms with Gasteiger partial charge in [0.15, 0.2) is 11.5 Å². The van der Waals surface area contributed by atoms with Gasteiger partial charge in [-0.2, -0.15) is 5.48 Å². The Morgan fingerprint density at radius 1 is 1.38 bits per heavy atom. The molecule has 0 amide bonds. The van der Waals surface area contributed by atoms with Crippen molar-refractivity contribution in [2.75, 3.05) is 20.3 Å². The van der Waals surface area contributed by atoms with Gasteiger partial charge in [0, 0.05) is 6.54 Å². The van der Waals surface area contributed by atoms with Gasteiger partial charge < -0.3 is 14.3 Å². The van der Waals surface area contributed by atoms with Gasteiger partial charge in [-0.1, -0.05) is 11.6 Å². The topological polar surface area (TPSA) is 39.7 Å². The molecule has 0 unspecified atom stereocenters. The number of hydroxylamine groups is 1. The van der Waals surface area contributed by atoms with Crippen LogP contribution in [0.15, 0.2) is 6.07 Å². The standard InChI is InChI=1S/C11H14ClNO3/c1-7-8(6-13-14-2)5-9(12)11-10(7)15-3-4-16-11/h5,13H,3-4,6H2,1-2H3. The van der Waals surface area contributed by atoms with Crippen molar-refractivity contribution >= 4 is 11.6 Å². The number of hydrogen-bond acceptors (Lipinski definition) is 4. The Morgan fingerprint density at radius 2 is 2.06 bits per heavy atom. The zero-order chi connectivity index (χ0) is 11.5. The molecule has 88 valence electrons. The molecule has 0 radical (unpaired) electrons. The average Bonchev–Trinajstić information content (AvgIpc) is 2.32. The number of fused-ring (bicyclic) bond motifs is 1. The summed E-state index contributed by atoms with van der Waals surface area (Å²) in [7, 11) is 1.58. The summed E-state index contributed by atoms with van der Waals surface area (Å²) in [5, 5.41) is 0.577. The van der Waals surface area contributed by atoms with Crippen LogP contribution in [0.25, 0.3) is 0 Å². The van der Waals surface area contributed by atoms with Crippen LogP contribution >= 0.6 is 11.6 Å². The van der Waals surface area contributed by atoms with Crippen molar-refractivity contribution in [3.63, 3.8) is 0 Å². The third-order valence-corrected chi connectivity index (χ3v) is 2.81. The highest BCUT2D eigenvalue weighted by atomic mass is 35.5. The van der Waals surface area contributed by atoms with Gasteiger partial charge in [0.2, 0.25) is 0 Å². The normalized spacial score (nSPS) is 13.9. The molecule has 1 aliphatic rings. The van der Waals surface area contributed by atoms with E-state index in [4.69, 9.17) is 25.9 Å². The fourth-order valence-electron chi connectivity index (χ4n) is 1.68. The molecular weight excluding hydrogens is 230 g/mol. The molecule has 16 heavy (non-hydrogen) atoms. The Kier molecular flexibility index (Phi) is 3.53. The van der Waals surface area contributed by atoms with Crippen LogP contribution < -0.4 is 15.0 Å². The highest BCUT2D eigenvalue weighted by Crippen LogP contribution is 2.41. The first-order chi connectivity index (χ1) is 7.74. The van der Waals surface area contributed by atoms with Crippen LogP contribution in [0.2, 0.25) is 5.02 Å². The summed E-state index contributed by atoms with van der Waals surface area (Å²) >= 11 is 6.12. The van der Waals surface area contributed by atoms with Gasteiger partial charge in [0.1, 0.15) is 13.2 Å². The van der Waals surface area contributed by atoms with E-state index in [0.717, 1.165) is 16.9 Å². The zero-order valence-electron chi connectivity index (χ0n) is 9.30. The lowest BCUT2D eigenvalue weighted by Gasteiger charge is -2.23. The molecule has 0 bridgehead atoms. The highest BCUT2D eigenvalue weighted by molar-refractivity contribution is 6.32. The van der Waals surface area contributed by atoms with Crippen molar-refractivity contribution < 1.29 is 14.3 Å². The molecule has 2 rings (SSSR count). The minimum Gasteiger partial charge on any atom is -0.486 e. The van der Waals surface area contributed by atoms with E-state index in [-0.39, 0.29) is 0 Å². The van der Waals surface area contributed by atoms with Crippen LogP contribution in [0.5, 0.6) is 11.5 Å². The van der Waals surface area contributed by atoms with E-state index in [1.165, 1.54) is 0 Å². The molecule has 1 N–H and O–H groups in total. The highest BCUT2D eigenvalue weighted by Gasteiger charge is 2.20. The van der Waals surface area contributed by atoms with Gasteiger partial charge in [0.25, 0.3) is 0 Å². The SMILES string of the molecule is CONCc1cc(Cl)c2c(c1C)OCCO2. The van der Waals surface area contributed by atoms with Gasteiger partial charge in [-0.05, 0) is 24.1 Å². The number of halogens is 1. The molecule has 0 saturated heterocycles. The molecule has 0 saturated carbocycles. The summed E-state index contributed by atoms with van der Waals surface area (Å²) in [4.78, 5) is 4.82. The third-order valence-electron chi connectivity index (χ3n) is 2.53. The fourth-order valence-corrected chi connectivity index (χ4v) is 1.95. The molecule has 4 nitrogen and oxygen atoms in total. The number of benzene rings is 1. The Bertz CT molecular complexity index is 395. The second-order valence-corrected chi connectivity index (χ2v) is 3.93. The Balaban J connectivity index is 2.37. The van der Waals surface area contributed by atoms with Crippen molar-refractivity contribution in [2.45, 2.75) is 13.5 Å². The minimum absolute atomic E-state index is 0.543. The van der Waals surface area contributed by atoms with Gasteiger partial charge in [-0.3, -0.25) is 0 Å². The molecule has 0 aliphatic carbocycles. The van der Waals surface area contributed by atoms with E-state index >= 15 is 0 Å². The maximum Gasteiger partial charge on any atom is 0.180 e. The molecule has 0 spiro atoms. The Labute approximate surface area is 99.4 Å². The van der Waals surface area contributed by atoms with Crippen molar-refractivity contribution in [1.29, 1.82) is 0 Å². The molecule has 0 fully saturated rings. The lowest BCUT2D eigenvalue weighted by Crippen LogP contribution is -2.18. The number of nitrogens with one attached hydrogen (secondary N) is 1. The lowest BCUT2D eigenvalue weighted by atomic mass is 10.1. The molecule has 1 aliphatic heterocycles. The smallest absolute Gasteiger partial charge is 0.180 e. The summed E-state index contributed by atoms with van der Waals surface area (Å²) in [5.41, 5.74) is 4.85. The molecule has 1 aromatic rings. The second kappa shape index (κ2) is 4.91. The monoisotopic (exact) mass is 243 g/mol. The van der Waals surface area contributed by atoms with Gasteiger partial charge in [0.05, 0.1) is 12.1 Å². The molecule has 0 atom stereocenters. The maximum absolute atomic E-state index is 6.12. The maximum atomic E-state index is 6.12. The van der Waals surface area contributed by atoms with Crippen molar-refractivity contribution in [2.24, 2.45) is 0 Å². The molecule has 5 heteroatoms. The molecule has 1 heterocycles. The first-order valence-electron chi connectivity index (χ1n) is 5.07. The van der Waals surface area contributed by atoms with E-state index < -0.39 is 0 Å². The summed E-state index contributed by atoms with van der Waals surface area (Å²) < 4.78 is 11.1. The van der Waals surface area contributed by atoms with Crippen LogP contribution in [0, 0.1) is 6.92 Å². The second-order valence-electron chi connectivity index (χ2n) is 3.52. The van der Waals surface area contributed by atoms with Crippen LogP contribution in [0.1, 0.15) is 11.1 Å². The number of hydrogen-bond donors (Lipinski definition) is 1. The average molecular weight is 244 g/mol. The quantitative estimate of drug-likeness (QED) is 0.825. The van der Waals surface area contributed by atoms with Crippen molar-refractivity contribution in [3.05, 3.63) is 22.2 Å². The predicted molar refractivity (Wildman–Crippen MR) is 61.0 cm³/mol. The van der Waals surface area contributed by atoms with Crippen LogP contribution in [-0.4, -0.2) is 20.3 Å². The summed E-state index contributed by atoms with van der Waals surface area (Å²) in [6.07, 6.45) is 0. The molecule has 0 aromatic heterocycles. The van der Waals surface area contributed by atoms with Crippen LogP contribution in [0.4, 0.5) is 0 Å². The van der Waals surface area contributed by atoms with E-state index in [0.29, 0.717) is 30.5 Å². The fraction of sp³-hybridized carbons (Fsp3) is 0.455. The lowest BCUT2D eigenvalue weighted by molar-refractivity contribution is 0.0863. The Morgan fingerprint density at radius 3 is 2.75 bits per heavy atom. The van der Waals surface area contributed by atoms with E-state index in [1.807, 2.05) is 13.0 Å². The van der Waals surface area contributed by atoms with Gasteiger partial charge in [-0.15, -0.1) is 0 Å². The third kappa shape index (κ3) is 2.09. The molecular formula is C11H14ClNO3. The van der Waals surface area contributed by atoms with Crippen LogP contribution in [-0.2, 0) is 11.4 Å². The largest absolute Gasteiger partial charge is 0.486 e. The summed E-state index contributed by atoms with van der Waals surface area (Å²) in [6, 6.07) is 1.87. The van der Waals surface area contributed by atoms with E-state index in [2.05, 4.69) is 5.48 Å². The first kappa shape index (κ1) is 11.5. The van der Waals surface area contributed by atoms with Crippen LogP contribution in [0.3, 0.4) is 0 Å². The Hall–Kier alpha value is -0.970. The predicted octanol–water partition coefficient (Wildman–Crippen LogP) is 2.07. The number of ether oxygens (including phenoxy) is 2. The van der Waals surface area contributed by atoms with E-state index in [9.17, 15) is 0 Å². The summed E-state index contributed by atoms with van der Waals surface area (Å²) in [5.74, 6) is 1.39. The van der Waals surface area contributed by atoms with Gasteiger partial charge in [-0.25, -0.2) is 0 Å². The van der Waals surface area contributed by atoms with Crippen molar-refractivity contribution in [3.8, 4) is 11.5 Å².